The SMILES string of the molecule is CCc1ccc(-c2noc(CCC3CCCN3)n2)cc1.Cl. The predicted molar refractivity (Wildman–Crippen MR) is 85.7 cm³/mol. The van der Waals surface area contributed by atoms with Gasteiger partial charge in [0, 0.05) is 18.0 Å². The molecule has 1 N–H and O–H groups in total. The highest BCUT2D eigenvalue weighted by Crippen LogP contribution is 2.18. The standard InChI is InChI=1S/C16H21N3O.ClH/c1-2-12-5-7-13(8-6-12)16-18-15(20-19-16)10-9-14-4-3-11-17-14;/h5-8,14,17H,2-4,9-11H2,1H3;1H. The molecule has 0 bridgehead atoms. The Hall–Kier alpha value is -1.39. The average Bonchev–Trinajstić information content (AvgIpc) is 3.17. The van der Waals surface area contributed by atoms with Gasteiger partial charge in [-0.25, -0.2) is 0 Å². The molecule has 0 saturated carbocycles. The zero-order chi connectivity index (χ0) is 13.8. The minimum Gasteiger partial charge on any atom is -0.339 e. The van der Waals surface area contributed by atoms with E-state index in [-0.39, 0.29) is 12.4 Å². The molecule has 0 aliphatic carbocycles. The van der Waals surface area contributed by atoms with Crippen LogP contribution >= 0.6 is 12.4 Å². The molecule has 2 aromatic rings. The fourth-order valence-electron chi connectivity index (χ4n) is 2.66. The van der Waals surface area contributed by atoms with Crippen LogP contribution in [-0.4, -0.2) is 22.7 Å². The van der Waals surface area contributed by atoms with Gasteiger partial charge in [0.1, 0.15) is 0 Å². The normalized spacial score (nSPS) is 17.7. The summed E-state index contributed by atoms with van der Waals surface area (Å²) in [6.07, 6.45) is 5.53. The van der Waals surface area contributed by atoms with E-state index in [2.05, 4.69) is 46.6 Å². The third-order valence-corrected chi connectivity index (χ3v) is 3.96. The van der Waals surface area contributed by atoms with Crippen molar-refractivity contribution < 1.29 is 4.52 Å². The first-order valence-electron chi connectivity index (χ1n) is 7.50. The molecule has 1 aliphatic heterocycles. The molecular weight excluding hydrogens is 286 g/mol. The van der Waals surface area contributed by atoms with Gasteiger partial charge in [-0.2, -0.15) is 4.98 Å². The van der Waals surface area contributed by atoms with Gasteiger partial charge >= 0.3 is 0 Å². The van der Waals surface area contributed by atoms with Gasteiger partial charge in [0.2, 0.25) is 11.7 Å². The van der Waals surface area contributed by atoms with Crippen LogP contribution in [0.15, 0.2) is 28.8 Å². The molecule has 3 rings (SSSR count). The molecule has 1 aromatic heterocycles. The lowest BCUT2D eigenvalue weighted by molar-refractivity contribution is 0.369. The Kier molecular flexibility index (Phi) is 5.76. The van der Waals surface area contributed by atoms with Crippen molar-refractivity contribution in [3.63, 3.8) is 0 Å². The Bertz CT molecular complexity index is 547. The Morgan fingerprint density at radius 2 is 2.10 bits per heavy atom. The number of aryl methyl sites for hydroxylation is 2. The highest BCUT2D eigenvalue weighted by molar-refractivity contribution is 5.85. The number of aromatic nitrogens is 2. The topological polar surface area (TPSA) is 51.0 Å². The lowest BCUT2D eigenvalue weighted by atomic mass is 10.1. The van der Waals surface area contributed by atoms with Crippen molar-refractivity contribution in [3.05, 3.63) is 35.7 Å². The van der Waals surface area contributed by atoms with E-state index in [4.69, 9.17) is 4.52 Å². The van der Waals surface area contributed by atoms with Crippen molar-refractivity contribution in [2.24, 2.45) is 0 Å². The average molecular weight is 308 g/mol. The number of nitrogens with zero attached hydrogens (tertiary/aromatic N) is 2. The molecule has 114 valence electrons. The number of rotatable bonds is 5. The van der Waals surface area contributed by atoms with Gasteiger partial charge in [0.05, 0.1) is 0 Å². The van der Waals surface area contributed by atoms with E-state index in [9.17, 15) is 0 Å². The van der Waals surface area contributed by atoms with E-state index in [1.165, 1.54) is 18.4 Å². The summed E-state index contributed by atoms with van der Waals surface area (Å²) in [7, 11) is 0. The van der Waals surface area contributed by atoms with Crippen LogP contribution in [0.4, 0.5) is 0 Å². The lowest BCUT2D eigenvalue weighted by Crippen LogP contribution is -2.21. The smallest absolute Gasteiger partial charge is 0.227 e. The maximum atomic E-state index is 5.35. The van der Waals surface area contributed by atoms with Crippen LogP contribution in [-0.2, 0) is 12.8 Å². The zero-order valence-electron chi connectivity index (χ0n) is 12.3. The monoisotopic (exact) mass is 307 g/mol. The fraction of sp³-hybridized carbons (Fsp3) is 0.500. The van der Waals surface area contributed by atoms with Gasteiger partial charge in [-0.15, -0.1) is 12.4 Å². The summed E-state index contributed by atoms with van der Waals surface area (Å²) >= 11 is 0. The van der Waals surface area contributed by atoms with E-state index in [1.807, 2.05) is 0 Å². The van der Waals surface area contributed by atoms with Crippen molar-refractivity contribution >= 4 is 12.4 Å². The molecule has 1 aliphatic rings. The molecule has 21 heavy (non-hydrogen) atoms. The highest BCUT2D eigenvalue weighted by Gasteiger charge is 2.16. The maximum Gasteiger partial charge on any atom is 0.227 e. The molecule has 0 radical (unpaired) electrons. The fourth-order valence-corrected chi connectivity index (χ4v) is 2.66. The van der Waals surface area contributed by atoms with Gasteiger partial charge < -0.3 is 9.84 Å². The van der Waals surface area contributed by atoms with Crippen molar-refractivity contribution in [1.82, 2.24) is 15.5 Å². The largest absolute Gasteiger partial charge is 0.339 e. The van der Waals surface area contributed by atoms with Gasteiger partial charge in [0.15, 0.2) is 0 Å². The van der Waals surface area contributed by atoms with Crippen molar-refractivity contribution in [2.75, 3.05) is 6.54 Å². The van der Waals surface area contributed by atoms with Crippen LogP contribution in [0.1, 0.15) is 37.6 Å². The molecule has 1 saturated heterocycles. The van der Waals surface area contributed by atoms with Gasteiger partial charge in [-0.1, -0.05) is 36.3 Å². The molecule has 2 heterocycles. The Morgan fingerprint density at radius 1 is 1.29 bits per heavy atom. The zero-order valence-corrected chi connectivity index (χ0v) is 13.2. The van der Waals surface area contributed by atoms with Crippen molar-refractivity contribution in [2.45, 2.75) is 45.1 Å². The van der Waals surface area contributed by atoms with Gasteiger partial charge in [-0.05, 0) is 37.8 Å². The van der Waals surface area contributed by atoms with Crippen LogP contribution < -0.4 is 5.32 Å². The summed E-state index contributed by atoms with van der Waals surface area (Å²) in [5.41, 5.74) is 2.35. The Balaban J connectivity index is 0.00000161. The summed E-state index contributed by atoms with van der Waals surface area (Å²) in [5.74, 6) is 1.44. The molecule has 0 spiro atoms. The number of hydrogen-bond acceptors (Lipinski definition) is 4. The minimum absolute atomic E-state index is 0. The Morgan fingerprint density at radius 3 is 2.76 bits per heavy atom. The molecule has 1 atom stereocenters. The van der Waals surface area contributed by atoms with Crippen LogP contribution in [0.3, 0.4) is 0 Å². The number of halogens is 1. The van der Waals surface area contributed by atoms with Gasteiger partial charge in [0.25, 0.3) is 0 Å². The van der Waals surface area contributed by atoms with E-state index in [1.54, 1.807) is 0 Å². The number of benzene rings is 1. The molecule has 4 nitrogen and oxygen atoms in total. The van der Waals surface area contributed by atoms with Crippen LogP contribution in [0.5, 0.6) is 0 Å². The molecule has 5 heteroatoms. The summed E-state index contributed by atoms with van der Waals surface area (Å²) in [4.78, 5) is 4.49. The van der Waals surface area contributed by atoms with E-state index in [0.717, 1.165) is 37.3 Å². The minimum atomic E-state index is 0. The second-order valence-corrected chi connectivity index (χ2v) is 5.39. The second kappa shape index (κ2) is 7.57. The maximum absolute atomic E-state index is 5.35. The lowest BCUT2D eigenvalue weighted by Gasteiger charge is -2.06. The Labute approximate surface area is 131 Å². The summed E-state index contributed by atoms with van der Waals surface area (Å²) in [5, 5.41) is 7.57. The predicted octanol–water partition coefficient (Wildman–Crippen LogP) is 3.41. The number of nitrogens with one attached hydrogen (secondary N) is 1. The molecule has 1 unspecified atom stereocenters. The third kappa shape index (κ3) is 4.05. The number of hydrogen-bond donors (Lipinski definition) is 1. The van der Waals surface area contributed by atoms with E-state index < -0.39 is 0 Å². The van der Waals surface area contributed by atoms with E-state index >= 15 is 0 Å². The summed E-state index contributed by atoms with van der Waals surface area (Å²) in [6, 6.07) is 8.98. The molecule has 1 fully saturated rings. The van der Waals surface area contributed by atoms with Crippen LogP contribution in [0.25, 0.3) is 11.4 Å². The van der Waals surface area contributed by atoms with Gasteiger partial charge in [-0.3, -0.25) is 0 Å². The first-order chi connectivity index (χ1) is 9.85. The molecule has 0 amide bonds. The van der Waals surface area contributed by atoms with Crippen molar-refractivity contribution in [3.8, 4) is 11.4 Å². The third-order valence-electron chi connectivity index (χ3n) is 3.96. The van der Waals surface area contributed by atoms with E-state index in [0.29, 0.717) is 11.9 Å². The van der Waals surface area contributed by atoms with Crippen LogP contribution in [0.2, 0.25) is 0 Å². The van der Waals surface area contributed by atoms with Crippen LogP contribution in [0, 0.1) is 0 Å². The summed E-state index contributed by atoms with van der Waals surface area (Å²) < 4.78 is 5.35. The summed E-state index contributed by atoms with van der Waals surface area (Å²) in [6.45, 7) is 3.29. The van der Waals surface area contributed by atoms with Crippen molar-refractivity contribution in [1.29, 1.82) is 0 Å². The second-order valence-electron chi connectivity index (χ2n) is 5.39. The molecular formula is C16H22ClN3O. The highest BCUT2D eigenvalue weighted by atomic mass is 35.5. The first-order valence-corrected chi connectivity index (χ1v) is 7.50. The molecule has 1 aromatic carbocycles. The quantitative estimate of drug-likeness (QED) is 0.919. The first kappa shape index (κ1) is 16.0.